The molecule has 4 aliphatic carbocycles. The van der Waals surface area contributed by atoms with E-state index in [1.807, 2.05) is 0 Å². The van der Waals surface area contributed by atoms with Gasteiger partial charge in [-0.15, -0.1) is 0 Å². The summed E-state index contributed by atoms with van der Waals surface area (Å²) in [5.41, 5.74) is -0.770. The number of hydrogen-bond acceptors (Lipinski definition) is 36. The highest BCUT2D eigenvalue weighted by atomic mass is 16.8. The second-order valence-corrected chi connectivity index (χ2v) is 31.5. The van der Waals surface area contributed by atoms with Gasteiger partial charge in [0, 0.05) is 5.41 Å². The molecule has 10 aliphatic rings. The molecule has 21 N–H and O–H groups in total. The van der Waals surface area contributed by atoms with Crippen molar-refractivity contribution in [2.45, 2.75) is 301 Å². The van der Waals surface area contributed by atoms with Crippen molar-refractivity contribution in [2.75, 3.05) is 79.3 Å². The van der Waals surface area contributed by atoms with E-state index in [0.29, 0.717) is 31.6 Å². The topological polar surface area (TPSA) is 563 Å². The molecule has 612 valence electrons. The van der Waals surface area contributed by atoms with Crippen LogP contribution in [0.4, 0.5) is 0 Å². The Labute approximate surface area is 609 Å². The Balaban J connectivity index is 0.836. The fourth-order valence-electron chi connectivity index (χ4n) is 18.9. The molecule has 12 unspecified atom stereocenters. The van der Waals surface area contributed by atoms with Crippen LogP contribution in [0.15, 0.2) is 0 Å². The van der Waals surface area contributed by atoms with Crippen LogP contribution in [0.3, 0.4) is 0 Å². The van der Waals surface area contributed by atoms with Gasteiger partial charge in [-0.05, 0) is 91.8 Å². The zero-order chi connectivity index (χ0) is 76.3. The first-order valence-electron chi connectivity index (χ1n) is 37.5. The third-order valence-corrected chi connectivity index (χ3v) is 24.9. The van der Waals surface area contributed by atoms with Gasteiger partial charge in [-0.2, -0.15) is 0 Å². The number of rotatable bonds is 32. The van der Waals surface area contributed by atoms with E-state index < -0.39 is 229 Å². The predicted molar refractivity (Wildman–Crippen MR) is 350 cm³/mol. The molecule has 10 fully saturated rings. The van der Waals surface area contributed by atoms with Crippen LogP contribution >= 0.6 is 0 Å². The van der Waals surface area contributed by atoms with E-state index >= 15 is 0 Å². The van der Waals surface area contributed by atoms with Crippen molar-refractivity contribution in [3.63, 3.8) is 0 Å². The minimum Gasteiger partial charge on any atom is -0.394 e. The third kappa shape index (κ3) is 18.2. The van der Waals surface area contributed by atoms with Crippen LogP contribution in [-0.4, -0.2) is 389 Å². The summed E-state index contributed by atoms with van der Waals surface area (Å²) in [6, 6.07) is 0. The van der Waals surface area contributed by atoms with Gasteiger partial charge in [0.05, 0.1) is 97.6 Å². The lowest BCUT2D eigenvalue weighted by atomic mass is 9.43. The zero-order valence-corrected chi connectivity index (χ0v) is 60.2. The van der Waals surface area contributed by atoms with Gasteiger partial charge in [0.1, 0.15) is 146 Å². The molecule has 0 aromatic rings. The Kier molecular flexibility index (Phi) is 30.9. The van der Waals surface area contributed by atoms with E-state index in [1.54, 1.807) is 0 Å². The molecular weight excluding hydrogens is 1400 g/mol. The summed E-state index contributed by atoms with van der Waals surface area (Å²) in [4.78, 5) is 0. The molecule has 6 heterocycles. The second-order valence-electron chi connectivity index (χ2n) is 31.5. The van der Waals surface area contributed by atoms with Crippen LogP contribution in [0.25, 0.3) is 0 Å². The van der Waals surface area contributed by atoms with Crippen molar-refractivity contribution in [3.8, 4) is 0 Å². The van der Waals surface area contributed by atoms with E-state index in [2.05, 4.69) is 34.6 Å². The van der Waals surface area contributed by atoms with Gasteiger partial charge in [-0.25, -0.2) is 0 Å². The summed E-state index contributed by atoms with van der Waals surface area (Å²) < 4.78 is 90.4. The Morgan fingerprint density at radius 3 is 1.13 bits per heavy atom. The smallest absolute Gasteiger partial charge is 0.187 e. The van der Waals surface area contributed by atoms with Gasteiger partial charge in [-0.3, -0.25) is 0 Å². The maximum Gasteiger partial charge on any atom is 0.187 e. The Morgan fingerprint density at radius 1 is 0.362 bits per heavy atom. The van der Waals surface area contributed by atoms with Crippen molar-refractivity contribution < 1.29 is 178 Å². The molecule has 41 atom stereocenters. The molecular formula is C69H120O36. The van der Waals surface area contributed by atoms with E-state index in [-0.39, 0.29) is 98.9 Å². The molecule has 36 heteroatoms. The molecule has 36 nitrogen and oxygen atoms in total. The first-order chi connectivity index (χ1) is 50.0. The average Bonchev–Trinajstić information content (AvgIpc) is 1.64. The minimum atomic E-state index is -1.86. The Morgan fingerprint density at radius 2 is 0.733 bits per heavy atom. The van der Waals surface area contributed by atoms with Crippen LogP contribution in [0.5, 0.6) is 0 Å². The summed E-state index contributed by atoms with van der Waals surface area (Å²) in [6.07, 6.45) is -42.4. The number of aliphatic hydroxyl groups excluding tert-OH is 21. The van der Waals surface area contributed by atoms with Crippen LogP contribution in [0, 0.1) is 52.3 Å². The Hall–Kier alpha value is -1.44. The summed E-state index contributed by atoms with van der Waals surface area (Å²) in [6.45, 7) is 6.33. The zero-order valence-electron chi connectivity index (χ0n) is 60.2. The maximum atomic E-state index is 11.4. The lowest BCUT2D eigenvalue weighted by Gasteiger charge is -2.64. The van der Waals surface area contributed by atoms with Gasteiger partial charge in [-0.1, -0.05) is 53.9 Å². The van der Waals surface area contributed by atoms with Gasteiger partial charge >= 0.3 is 0 Å². The molecule has 105 heavy (non-hydrogen) atoms. The van der Waals surface area contributed by atoms with Crippen LogP contribution in [0.2, 0.25) is 0 Å². The molecule has 0 aromatic heterocycles. The lowest BCUT2D eigenvalue weighted by Crippen LogP contribution is -2.64. The van der Waals surface area contributed by atoms with Crippen LogP contribution < -0.4 is 0 Å². The lowest BCUT2D eigenvalue weighted by molar-refractivity contribution is -0.360. The standard InChI is InChI=1S/C69H120O36/c1-28(2)7-6-8-29(3)32-9-10-33-43-34(21-42(69(32,33)5)93-15-18-96-64-58(90)52(84)61(41(27-75)102-64)105-67-55(87)49(81)46(78)38(24-72)99-67)68(4)12-11-31(91-13-16-94-62-56(88)50(82)59(39(25-73)100-62)103-65-53(85)47(79)44(76)36(22-70)97-65)19-30(68)20-35(43)92-14-17-95-63-57(89)51(83)60(40(26-74)101-63)104-66-54(86)48(80)45(77)37(23-71)98-66/h28-67,70-90H,6-27H2,1-5H3/t29-,30+,31-,32-,33+,34+,35-,36?,37?,38?,39?,40?,41?,42+,43+,44-,45-,46-,47+,48+,49+,50-,51-,52-,53?,54?,55?,56?,57?,58?,59-,60-,61-,62-,63-,64-,65-,66-,67-,68+,69-/m1/s1. The quantitative estimate of drug-likeness (QED) is 0.0278. The van der Waals surface area contributed by atoms with E-state index in [1.165, 1.54) is 0 Å². The highest BCUT2D eigenvalue weighted by molar-refractivity contribution is 5.15. The number of fused-ring (bicyclic) bond motifs is 5. The number of ether oxygens (including phenoxy) is 15. The second kappa shape index (κ2) is 37.7. The van der Waals surface area contributed by atoms with E-state index in [4.69, 9.17) is 71.1 Å². The SMILES string of the molecule is CC(C)CCC[C@@H](C)[C@H]1CC[C@H]2[C@@H]3[C@H](OCCO[C@@H]4OC(CO)[C@@H](O[C@H]5OC(CO)[C@@H](O)[C@H](O)C5O)[C@H](O)C4O)C[C@@H]4C[C@H](OCCO[C@@H]5OC(CO)[C@@H](O[C@H]6OC(CO)[C@@H](O)[C@H](O)C6O)[C@H](O)C5O)CC[C@]4(C)[C@H]3C[C@H](OCCO[C@@H]3OC(CO)[C@@H](O[C@H]4OC(CO)[C@@H](O)[C@H](O)C4O)[C@H](O)C3O)[C@]12C. The van der Waals surface area contributed by atoms with E-state index in [0.717, 1.165) is 38.5 Å². The van der Waals surface area contributed by atoms with Crippen molar-refractivity contribution in [1.29, 1.82) is 0 Å². The van der Waals surface area contributed by atoms with Crippen molar-refractivity contribution in [3.05, 3.63) is 0 Å². The number of aliphatic hydroxyl groups is 21. The highest BCUT2D eigenvalue weighted by Crippen LogP contribution is 2.69. The van der Waals surface area contributed by atoms with Gasteiger partial charge in [0.15, 0.2) is 37.7 Å². The molecule has 0 spiro atoms. The summed E-state index contributed by atoms with van der Waals surface area (Å²) in [5, 5.41) is 223. The molecule has 0 amide bonds. The molecule has 10 rings (SSSR count). The first-order valence-corrected chi connectivity index (χ1v) is 37.5. The Bertz CT molecular complexity index is 2580. The maximum absolute atomic E-state index is 11.4. The highest BCUT2D eigenvalue weighted by Gasteiger charge is 2.67. The summed E-state index contributed by atoms with van der Waals surface area (Å²) in [5.74, 6) is 0.935. The number of hydrogen-bond donors (Lipinski definition) is 21. The van der Waals surface area contributed by atoms with Gasteiger partial charge < -0.3 is 178 Å². The minimum absolute atomic E-state index is 0.00440. The summed E-state index contributed by atoms with van der Waals surface area (Å²) in [7, 11) is 0. The molecule has 0 bridgehead atoms. The van der Waals surface area contributed by atoms with Crippen molar-refractivity contribution in [1.82, 2.24) is 0 Å². The molecule has 6 aliphatic heterocycles. The fraction of sp³-hybridized carbons (Fsp3) is 1.00. The van der Waals surface area contributed by atoms with Gasteiger partial charge in [0.2, 0.25) is 0 Å². The summed E-state index contributed by atoms with van der Waals surface area (Å²) >= 11 is 0. The molecule has 0 radical (unpaired) electrons. The van der Waals surface area contributed by atoms with Crippen LogP contribution in [0.1, 0.15) is 98.8 Å². The molecule has 4 saturated carbocycles. The largest absolute Gasteiger partial charge is 0.394 e. The fourth-order valence-corrected chi connectivity index (χ4v) is 18.9. The normalized spacial score (nSPS) is 50.0. The van der Waals surface area contributed by atoms with Crippen molar-refractivity contribution >= 4 is 0 Å². The van der Waals surface area contributed by atoms with Gasteiger partial charge in [0.25, 0.3) is 0 Å². The van der Waals surface area contributed by atoms with Crippen LogP contribution in [-0.2, 0) is 71.1 Å². The first kappa shape index (κ1) is 86.0. The monoisotopic (exact) mass is 1520 g/mol. The molecule has 0 aromatic carbocycles. The van der Waals surface area contributed by atoms with Crippen molar-refractivity contribution in [2.24, 2.45) is 52.3 Å². The predicted octanol–water partition coefficient (Wildman–Crippen LogP) is -7.59. The third-order valence-electron chi connectivity index (χ3n) is 24.9. The average molecular weight is 1530 g/mol. The molecule has 6 saturated heterocycles. The van der Waals surface area contributed by atoms with E-state index in [9.17, 15) is 107 Å².